The minimum absolute atomic E-state index is 0.483. The Morgan fingerprint density at radius 1 is 1.32 bits per heavy atom. The summed E-state index contributed by atoms with van der Waals surface area (Å²) in [5.41, 5.74) is 2.04. The largest absolute Gasteiger partial charge is 0.486 e. The van der Waals surface area contributed by atoms with Crippen LogP contribution in [0.15, 0.2) is 29.4 Å². The second-order valence-electron chi connectivity index (χ2n) is 5.60. The number of hydrogen-bond acceptors (Lipinski definition) is 4. The van der Waals surface area contributed by atoms with E-state index in [1.807, 2.05) is 36.9 Å². The van der Waals surface area contributed by atoms with Crippen LogP contribution in [0.2, 0.25) is 5.02 Å². The number of aliphatic imine (C=N–C) groups is 1. The predicted molar refractivity (Wildman–Crippen MR) is 97.3 cm³/mol. The standard InChI is InChI=1S/C17H22ClN5O2/c1-3-19-17(21-11-13-4-5-22-23(13)2)20-10-12-8-14(18)16-15(9-12)24-6-7-25-16/h4-5,8-9H,3,6-7,10-11H2,1-2H3,(H2,19,20,21). The molecule has 8 heteroatoms. The first-order valence-electron chi connectivity index (χ1n) is 8.24. The van der Waals surface area contributed by atoms with Gasteiger partial charge in [-0.1, -0.05) is 11.6 Å². The molecule has 0 radical (unpaired) electrons. The molecule has 1 aliphatic rings. The lowest BCUT2D eigenvalue weighted by molar-refractivity contribution is 0.171. The summed E-state index contributed by atoms with van der Waals surface area (Å²) in [5.74, 6) is 2.02. The predicted octanol–water partition coefficient (Wildman–Crippen LogP) is 2.10. The number of aromatic nitrogens is 2. The van der Waals surface area contributed by atoms with E-state index in [2.05, 4.69) is 20.7 Å². The highest BCUT2D eigenvalue weighted by molar-refractivity contribution is 6.32. The average Bonchev–Trinajstić information content (AvgIpc) is 3.02. The van der Waals surface area contributed by atoms with Crippen molar-refractivity contribution >= 4 is 17.6 Å². The number of fused-ring (bicyclic) bond motifs is 1. The summed E-state index contributed by atoms with van der Waals surface area (Å²) in [6.45, 7) is 4.99. The van der Waals surface area contributed by atoms with Gasteiger partial charge in [0.15, 0.2) is 17.5 Å². The highest BCUT2D eigenvalue weighted by atomic mass is 35.5. The van der Waals surface area contributed by atoms with E-state index < -0.39 is 0 Å². The molecule has 2 N–H and O–H groups in total. The van der Waals surface area contributed by atoms with Gasteiger partial charge in [0.05, 0.1) is 23.8 Å². The van der Waals surface area contributed by atoms with Gasteiger partial charge in [0.25, 0.3) is 0 Å². The van der Waals surface area contributed by atoms with E-state index in [1.54, 1.807) is 6.20 Å². The number of nitrogens with one attached hydrogen (secondary N) is 2. The van der Waals surface area contributed by atoms with Gasteiger partial charge in [-0.05, 0) is 30.7 Å². The molecule has 0 fully saturated rings. The number of nitrogens with zero attached hydrogens (tertiary/aromatic N) is 3. The van der Waals surface area contributed by atoms with Gasteiger partial charge in [-0.25, -0.2) is 4.99 Å². The highest BCUT2D eigenvalue weighted by Crippen LogP contribution is 2.38. The Hall–Kier alpha value is -2.41. The van der Waals surface area contributed by atoms with Crippen molar-refractivity contribution in [2.75, 3.05) is 19.8 Å². The summed E-state index contributed by atoms with van der Waals surface area (Å²) < 4.78 is 13.0. The number of halogens is 1. The van der Waals surface area contributed by atoms with E-state index in [9.17, 15) is 0 Å². The summed E-state index contributed by atoms with van der Waals surface area (Å²) >= 11 is 6.28. The molecular weight excluding hydrogens is 342 g/mol. The minimum Gasteiger partial charge on any atom is -0.486 e. The van der Waals surface area contributed by atoms with Gasteiger partial charge in [0.1, 0.15) is 13.2 Å². The summed E-state index contributed by atoms with van der Waals surface area (Å²) in [4.78, 5) is 4.61. The first kappa shape index (κ1) is 17.4. The van der Waals surface area contributed by atoms with Gasteiger partial charge in [-0.3, -0.25) is 4.68 Å². The summed E-state index contributed by atoms with van der Waals surface area (Å²) in [6.07, 6.45) is 1.78. The topological polar surface area (TPSA) is 72.7 Å². The molecule has 7 nitrogen and oxygen atoms in total. The van der Waals surface area contributed by atoms with Gasteiger partial charge >= 0.3 is 0 Å². The molecule has 0 aliphatic carbocycles. The second-order valence-corrected chi connectivity index (χ2v) is 6.00. The molecule has 0 bridgehead atoms. The lowest BCUT2D eigenvalue weighted by Crippen LogP contribution is -2.37. The van der Waals surface area contributed by atoms with Crippen molar-refractivity contribution in [2.24, 2.45) is 12.0 Å². The first-order chi connectivity index (χ1) is 12.2. The van der Waals surface area contributed by atoms with E-state index in [-0.39, 0.29) is 0 Å². The summed E-state index contributed by atoms with van der Waals surface area (Å²) in [5, 5.41) is 11.2. The van der Waals surface area contributed by atoms with Crippen molar-refractivity contribution in [3.8, 4) is 11.5 Å². The smallest absolute Gasteiger partial charge is 0.191 e. The minimum atomic E-state index is 0.483. The molecule has 1 aliphatic heterocycles. The van der Waals surface area contributed by atoms with Crippen LogP contribution < -0.4 is 20.1 Å². The van der Waals surface area contributed by atoms with Crippen molar-refractivity contribution in [3.05, 3.63) is 40.7 Å². The van der Waals surface area contributed by atoms with Crippen molar-refractivity contribution in [1.29, 1.82) is 0 Å². The highest BCUT2D eigenvalue weighted by Gasteiger charge is 2.16. The third-order valence-corrected chi connectivity index (χ3v) is 4.06. The second kappa shape index (κ2) is 8.11. The van der Waals surface area contributed by atoms with Gasteiger partial charge in [0, 0.05) is 19.8 Å². The molecule has 134 valence electrons. The monoisotopic (exact) mass is 363 g/mol. The Morgan fingerprint density at radius 2 is 2.16 bits per heavy atom. The zero-order valence-corrected chi connectivity index (χ0v) is 15.1. The Kier molecular flexibility index (Phi) is 5.65. The molecule has 0 unspecified atom stereocenters. The number of ether oxygens (including phenoxy) is 2. The van der Waals surface area contributed by atoms with Crippen molar-refractivity contribution in [2.45, 2.75) is 20.0 Å². The van der Waals surface area contributed by atoms with Crippen molar-refractivity contribution in [3.63, 3.8) is 0 Å². The van der Waals surface area contributed by atoms with Crippen molar-refractivity contribution in [1.82, 2.24) is 20.4 Å². The molecule has 0 saturated heterocycles. The van der Waals surface area contributed by atoms with Crippen LogP contribution in [-0.4, -0.2) is 35.5 Å². The van der Waals surface area contributed by atoms with Crippen LogP contribution in [0.4, 0.5) is 0 Å². The Labute approximate surface area is 152 Å². The first-order valence-corrected chi connectivity index (χ1v) is 8.62. The van der Waals surface area contributed by atoms with Crippen molar-refractivity contribution < 1.29 is 9.47 Å². The molecule has 0 atom stereocenters. The molecule has 0 spiro atoms. The van der Waals surface area contributed by atoms with Crippen LogP contribution in [0.3, 0.4) is 0 Å². The van der Waals surface area contributed by atoms with E-state index in [0.29, 0.717) is 42.8 Å². The van der Waals surface area contributed by atoms with E-state index in [0.717, 1.165) is 23.8 Å². The molecule has 0 amide bonds. The average molecular weight is 364 g/mol. The molecule has 2 heterocycles. The fraction of sp³-hybridized carbons (Fsp3) is 0.412. The Morgan fingerprint density at radius 3 is 2.92 bits per heavy atom. The van der Waals surface area contributed by atoms with Crippen LogP contribution in [-0.2, 0) is 20.1 Å². The molecule has 1 aromatic heterocycles. The maximum Gasteiger partial charge on any atom is 0.191 e. The van der Waals surface area contributed by atoms with E-state index in [1.165, 1.54) is 0 Å². The van der Waals surface area contributed by atoms with Crippen LogP contribution in [0, 0.1) is 0 Å². The SMILES string of the molecule is CCNC(=NCc1cc(Cl)c2c(c1)OCCO2)NCc1ccnn1C. The fourth-order valence-electron chi connectivity index (χ4n) is 2.52. The van der Waals surface area contributed by atoms with Gasteiger partial charge < -0.3 is 20.1 Å². The number of guanidine groups is 1. The summed E-state index contributed by atoms with van der Waals surface area (Å²) in [6, 6.07) is 5.76. The Bertz CT molecular complexity index is 759. The zero-order chi connectivity index (χ0) is 17.6. The van der Waals surface area contributed by atoms with Crippen LogP contribution in [0.25, 0.3) is 0 Å². The van der Waals surface area contributed by atoms with Gasteiger partial charge in [-0.2, -0.15) is 5.10 Å². The normalized spacial score (nSPS) is 13.6. The molecule has 2 aromatic rings. The van der Waals surface area contributed by atoms with Crippen LogP contribution in [0.5, 0.6) is 11.5 Å². The van der Waals surface area contributed by atoms with E-state index >= 15 is 0 Å². The van der Waals surface area contributed by atoms with Gasteiger partial charge in [0.2, 0.25) is 0 Å². The summed E-state index contributed by atoms with van der Waals surface area (Å²) in [7, 11) is 1.91. The molecule has 25 heavy (non-hydrogen) atoms. The maximum atomic E-state index is 6.28. The molecule has 0 saturated carbocycles. The van der Waals surface area contributed by atoms with Gasteiger partial charge in [-0.15, -0.1) is 0 Å². The van der Waals surface area contributed by atoms with Crippen LogP contribution >= 0.6 is 11.6 Å². The third-order valence-electron chi connectivity index (χ3n) is 3.78. The number of benzene rings is 1. The lowest BCUT2D eigenvalue weighted by atomic mass is 10.2. The third kappa shape index (κ3) is 4.36. The Balaban J connectivity index is 1.68. The number of rotatable bonds is 5. The lowest BCUT2D eigenvalue weighted by Gasteiger charge is -2.20. The number of hydrogen-bond donors (Lipinski definition) is 2. The van der Waals surface area contributed by atoms with E-state index in [4.69, 9.17) is 21.1 Å². The molecular formula is C17H22ClN5O2. The van der Waals surface area contributed by atoms with Crippen LogP contribution in [0.1, 0.15) is 18.2 Å². The maximum absolute atomic E-state index is 6.28. The quantitative estimate of drug-likeness (QED) is 0.628. The molecule has 3 rings (SSSR count). The fourth-order valence-corrected chi connectivity index (χ4v) is 2.80. The number of aryl methyl sites for hydroxylation is 1. The molecule has 1 aromatic carbocycles. The zero-order valence-electron chi connectivity index (χ0n) is 14.4.